The van der Waals surface area contributed by atoms with E-state index in [1.807, 2.05) is 4.90 Å². The highest BCUT2D eigenvalue weighted by Gasteiger charge is 2.16. The van der Waals surface area contributed by atoms with Crippen molar-refractivity contribution < 1.29 is 14.3 Å². The smallest absolute Gasteiger partial charge is 0.222 e. The van der Waals surface area contributed by atoms with E-state index in [4.69, 9.17) is 14.5 Å². The number of nitrogens with one attached hydrogen (secondary N) is 2. The summed E-state index contributed by atoms with van der Waals surface area (Å²) in [5.41, 5.74) is 2.36. The first kappa shape index (κ1) is 27.9. The summed E-state index contributed by atoms with van der Waals surface area (Å²) in [6.45, 7) is 8.26. The molecule has 0 unspecified atom stereocenters. The zero-order chi connectivity index (χ0) is 22.4. The third-order valence-electron chi connectivity index (χ3n) is 5.98. The minimum Gasteiger partial charge on any atom is -0.381 e. The summed E-state index contributed by atoms with van der Waals surface area (Å²) in [4.78, 5) is 18.9. The molecule has 0 saturated carbocycles. The van der Waals surface area contributed by atoms with Crippen molar-refractivity contribution in [3.8, 4) is 0 Å². The second-order valence-corrected chi connectivity index (χ2v) is 8.61. The lowest BCUT2D eigenvalue weighted by molar-refractivity contribution is -0.130. The molecule has 0 spiro atoms. The van der Waals surface area contributed by atoms with Crippen molar-refractivity contribution in [2.24, 2.45) is 4.99 Å². The van der Waals surface area contributed by atoms with Crippen LogP contribution in [-0.2, 0) is 27.4 Å². The number of hydrogen-bond donors (Lipinski definition) is 2. The van der Waals surface area contributed by atoms with E-state index in [2.05, 4.69) is 41.8 Å². The van der Waals surface area contributed by atoms with Gasteiger partial charge in [0.2, 0.25) is 5.91 Å². The number of ether oxygens (including phenoxy) is 2. The van der Waals surface area contributed by atoms with Crippen LogP contribution in [0.4, 0.5) is 0 Å². The lowest BCUT2D eigenvalue weighted by Crippen LogP contribution is -2.39. The number of carbonyl (C=O) groups is 1. The van der Waals surface area contributed by atoms with Gasteiger partial charge in [-0.3, -0.25) is 4.79 Å². The van der Waals surface area contributed by atoms with Gasteiger partial charge in [0.05, 0.1) is 19.3 Å². The molecule has 2 aliphatic rings. The molecule has 2 fully saturated rings. The number of likely N-dealkylation sites (tertiary alicyclic amines) is 1. The summed E-state index contributed by atoms with van der Waals surface area (Å²) in [5, 5.41) is 6.72. The van der Waals surface area contributed by atoms with Crippen LogP contribution in [0.3, 0.4) is 0 Å². The van der Waals surface area contributed by atoms with E-state index in [1.165, 1.54) is 17.5 Å². The first-order valence-corrected chi connectivity index (χ1v) is 12.3. The van der Waals surface area contributed by atoms with Crippen molar-refractivity contribution >= 4 is 35.8 Å². The largest absolute Gasteiger partial charge is 0.381 e. The number of rotatable bonds is 10. The standard InChI is InChI=1S/C25H40N4O3.HI/c1-2-26-25(27-13-7-15-29-14-5-3-4-10-24(29)30)28-19-21-8-6-9-22(18-21)20-32-23-11-16-31-17-12-23;/h6,8-9,18,23H,2-5,7,10-17,19-20H2,1H3,(H2,26,27,28);1H. The van der Waals surface area contributed by atoms with Gasteiger partial charge in [-0.05, 0) is 50.2 Å². The SMILES string of the molecule is CCNC(=NCc1cccc(COC2CCOCC2)c1)NCCCN1CCCCCC1=O.I. The van der Waals surface area contributed by atoms with Crippen molar-refractivity contribution in [1.82, 2.24) is 15.5 Å². The molecule has 0 radical (unpaired) electrons. The summed E-state index contributed by atoms with van der Waals surface area (Å²) >= 11 is 0. The summed E-state index contributed by atoms with van der Waals surface area (Å²) in [5.74, 6) is 1.13. The summed E-state index contributed by atoms with van der Waals surface area (Å²) in [6, 6.07) is 8.47. The average molecular weight is 573 g/mol. The Hall–Kier alpha value is -1.39. The lowest BCUT2D eigenvalue weighted by Gasteiger charge is -2.22. The van der Waals surface area contributed by atoms with Gasteiger partial charge in [-0.25, -0.2) is 4.99 Å². The molecule has 2 saturated heterocycles. The topological polar surface area (TPSA) is 75.2 Å². The number of aliphatic imine (C=N–C) groups is 1. The molecule has 1 amide bonds. The highest BCUT2D eigenvalue weighted by Crippen LogP contribution is 2.15. The molecule has 3 rings (SSSR count). The van der Waals surface area contributed by atoms with E-state index < -0.39 is 0 Å². The number of amides is 1. The van der Waals surface area contributed by atoms with Crippen molar-refractivity contribution in [3.05, 3.63) is 35.4 Å². The first-order valence-electron chi connectivity index (χ1n) is 12.3. The molecule has 2 N–H and O–H groups in total. The third kappa shape index (κ3) is 10.6. The lowest BCUT2D eigenvalue weighted by atomic mass is 10.1. The Morgan fingerprint density at radius 2 is 2.00 bits per heavy atom. The zero-order valence-electron chi connectivity index (χ0n) is 20.0. The van der Waals surface area contributed by atoms with E-state index in [1.54, 1.807) is 0 Å². The Morgan fingerprint density at radius 3 is 2.82 bits per heavy atom. The van der Waals surface area contributed by atoms with Crippen LogP contribution in [0.5, 0.6) is 0 Å². The first-order chi connectivity index (χ1) is 15.7. The molecule has 186 valence electrons. The Kier molecular flexibility index (Phi) is 13.7. The number of halogens is 1. The monoisotopic (exact) mass is 572 g/mol. The molecular formula is C25H41IN4O3. The fraction of sp³-hybridized carbons (Fsp3) is 0.680. The molecular weight excluding hydrogens is 531 g/mol. The van der Waals surface area contributed by atoms with Crippen LogP contribution >= 0.6 is 24.0 Å². The van der Waals surface area contributed by atoms with Crippen molar-refractivity contribution in [2.45, 2.75) is 71.1 Å². The summed E-state index contributed by atoms with van der Waals surface area (Å²) in [6.07, 6.45) is 7.23. The second kappa shape index (κ2) is 16.3. The minimum atomic E-state index is 0. The van der Waals surface area contributed by atoms with Crippen molar-refractivity contribution in [2.75, 3.05) is 39.4 Å². The Labute approximate surface area is 216 Å². The number of nitrogens with zero attached hydrogens (tertiary/aromatic N) is 2. The minimum absolute atomic E-state index is 0. The van der Waals surface area contributed by atoms with Gasteiger partial charge in [-0.2, -0.15) is 0 Å². The third-order valence-corrected chi connectivity index (χ3v) is 5.98. The van der Waals surface area contributed by atoms with Crippen LogP contribution in [0.1, 0.15) is 63.0 Å². The predicted octanol–water partition coefficient (Wildman–Crippen LogP) is 3.85. The summed E-state index contributed by atoms with van der Waals surface area (Å²) in [7, 11) is 0. The molecule has 2 aliphatic heterocycles. The number of benzene rings is 1. The quantitative estimate of drug-likeness (QED) is 0.193. The number of guanidine groups is 1. The fourth-order valence-corrected chi connectivity index (χ4v) is 4.14. The van der Waals surface area contributed by atoms with Gasteiger partial charge in [0.15, 0.2) is 5.96 Å². The van der Waals surface area contributed by atoms with Crippen LogP contribution in [0.15, 0.2) is 29.3 Å². The van der Waals surface area contributed by atoms with Gasteiger partial charge in [0, 0.05) is 45.8 Å². The van der Waals surface area contributed by atoms with Gasteiger partial charge in [-0.15, -0.1) is 24.0 Å². The summed E-state index contributed by atoms with van der Waals surface area (Å²) < 4.78 is 11.4. The molecule has 0 aliphatic carbocycles. The van der Waals surface area contributed by atoms with Crippen LogP contribution in [0.25, 0.3) is 0 Å². The Balaban J connectivity index is 0.00000385. The van der Waals surface area contributed by atoms with E-state index in [0.29, 0.717) is 31.6 Å². The van der Waals surface area contributed by atoms with E-state index in [0.717, 1.165) is 77.5 Å². The molecule has 1 aromatic carbocycles. The van der Waals surface area contributed by atoms with E-state index in [-0.39, 0.29) is 24.0 Å². The maximum Gasteiger partial charge on any atom is 0.222 e. The highest BCUT2D eigenvalue weighted by molar-refractivity contribution is 14.0. The molecule has 0 atom stereocenters. The highest BCUT2D eigenvalue weighted by atomic mass is 127. The molecule has 33 heavy (non-hydrogen) atoms. The number of hydrogen-bond acceptors (Lipinski definition) is 4. The average Bonchev–Trinajstić information content (AvgIpc) is 3.03. The van der Waals surface area contributed by atoms with E-state index in [9.17, 15) is 4.79 Å². The Bertz CT molecular complexity index is 725. The maximum atomic E-state index is 12.1. The van der Waals surface area contributed by atoms with Gasteiger partial charge >= 0.3 is 0 Å². The predicted molar refractivity (Wildman–Crippen MR) is 143 cm³/mol. The van der Waals surface area contributed by atoms with Crippen LogP contribution in [0, 0.1) is 0 Å². The second-order valence-electron chi connectivity index (χ2n) is 8.61. The van der Waals surface area contributed by atoms with Gasteiger partial charge in [0.25, 0.3) is 0 Å². The van der Waals surface area contributed by atoms with Crippen LogP contribution < -0.4 is 10.6 Å². The molecule has 2 heterocycles. The molecule has 7 nitrogen and oxygen atoms in total. The Morgan fingerprint density at radius 1 is 1.18 bits per heavy atom. The normalized spacial score (nSPS) is 17.9. The van der Waals surface area contributed by atoms with Gasteiger partial charge < -0.3 is 25.0 Å². The van der Waals surface area contributed by atoms with Gasteiger partial charge in [-0.1, -0.05) is 30.7 Å². The van der Waals surface area contributed by atoms with E-state index >= 15 is 0 Å². The molecule has 0 aromatic heterocycles. The fourth-order valence-electron chi connectivity index (χ4n) is 4.14. The molecule has 1 aromatic rings. The van der Waals surface area contributed by atoms with Crippen LogP contribution in [-0.4, -0.2) is 62.3 Å². The van der Waals surface area contributed by atoms with Crippen LogP contribution in [0.2, 0.25) is 0 Å². The zero-order valence-corrected chi connectivity index (χ0v) is 22.4. The van der Waals surface area contributed by atoms with Crippen molar-refractivity contribution in [3.63, 3.8) is 0 Å². The molecule has 8 heteroatoms. The molecule has 0 bridgehead atoms. The maximum absolute atomic E-state index is 12.1. The van der Waals surface area contributed by atoms with Gasteiger partial charge in [0.1, 0.15) is 0 Å². The number of carbonyl (C=O) groups excluding carboxylic acids is 1. The van der Waals surface area contributed by atoms with Crippen molar-refractivity contribution in [1.29, 1.82) is 0 Å².